The Morgan fingerprint density at radius 1 is 1.15 bits per heavy atom. The van der Waals surface area contributed by atoms with Gasteiger partial charge in [-0.25, -0.2) is 0 Å². The van der Waals surface area contributed by atoms with Crippen molar-refractivity contribution in [1.82, 2.24) is 4.98 Å². The van der Waals surface area contributed by atoms with Gasteiger partial charge in [0.15, 0.2) is 6.29 Å². The molecule has 0 saturated carbocycles. The predicted molar refractivity (Wildman–Crippen MR) is 52.1 cm³/mol. The molecule has 0 fully saturated rings. The Labute approximate surface area is 78.4 Å². The minimum Gasteiger partial charge on any atom is -0.356 e. The van der Waals surface area contributed by atoms with Gasteiger partial charge in [0.2, 0.25) is 0 Å². The van der Waals surface area contributed by atoms with Crippen LogP contribution >= 0.6 is 0 Å². The van der Waals surface area contributed by atoms with Crippen molar-refractivity contribution in [2.24, 2.45) is 0 Å². The topological polar surface area (TPSA) is 32.9 Å². The summed E-state index contributed by atoms with van der Waals surface area (Å²) in [7, 11) is 0. The van der Waals surface area contributed by atoms with E-state index in [-0.39, 0.29) is 0 Å². The van der Waals surface area contributed by atoms with Crippen LogP contribution in [0.4, 0.5) is 0 Å². The Morgan fingerprint density at radius 2 is 1.92 bits per heavy atom. The Kier molecular flexibility index (Phi) is 2.48. The highest BCUT2D eigenvalue weighted by molar-refractivity contribution is 5.72. The van der Waals surface area contributed by atoms with E-state index in [0.717, 1.165) is 24.8 Å². The number of aldehydes is 1. The number of aryl methyl sites for hydroxylation is 2. The lowest BCUT2D eigenvalue weighted by molar-refractivity contribution is 0.111. The minimum atomic E-state index is 0.743. The second kappa shape index (κ2) is 3.77. The molecule has 13 heavy (non-hydrogen) atoms. The highest BCUT2D eigenvalue weighted by Gasteiger charge is 2.09. The van der Waals surface area contributed by atoms with Crippen molar-refractivity contribution >= 4 is 6.29 Å². The lowest BCUT2D eigenvalue weighted by Crippen LogP contribution is -1.97. The number of H-pyrrole nitrogens is 1. The van der Waals surface area contributed by atoms with Crippen LogP contribution in [0.1, 0.15) is 47.4 Å². The molecule has 0 bridgehead atoms. The van der Waals surface area contributed by atoms with Gasteiger partial charge >= 0.3 is 0 Å². The fourth-order valence-corrected chi connectivity index (χ4v) is 2.05. The molecule has 0 aromatic carbocycles. The first-order chi connectivity index (χ1) is 6.40. The Morgan fingerprint density at radius 3 is 2.69 bits per heavy atom. The molecular formula is C11H15NO. The van der Waals surface area contributed by atoms with Crippen LogP contribution < -0.4 is 0 Å². The summed E-state index contributed by atoms with van der Waals surface area (Å²) in [6.07, 6.45) is 8.35. The van der Waals surface area contributed by atoms with E-state index in [0.29, 0.717) is 0 Å². The van der Waals surface area contributed by atoms with E-state index in [1.807, 2.05) is 6.07 Å². The van der Waals surface area contributed by atoms with Crippen LogP contribution in [0.15, 0.2) is 6.07 Å². The molecule has 1 N–H and O–H groups in total. The van der Waals surface area contributed by atoms with Crippen molar-refractivity contribution in [2.75, 3.05) is 0 Å². The average molecular weight is 177 g/mol. The summed E-state index contributed by atoms with van der Waals surface area (Å²) >= 11 is 0. The standard InChI is InChI=1S/C11H15NO/c13-8-10-7-9-5-3-1-2-4-6-11(9)12-10/h7-8,12H,1-6H2. The third-order valence-corrected chi connectivity index (χ3v) is 2.76. The van der Waals surface area contributed by atoms with Gasteiger partial charge in [0.25, 0.3) is 0 Å². The molecule has 2 heteroatoms. The van der Waals surface area contributed by atoms with Crippen molar-refractivity contribution in [3.8, 4) is 0 Å². The highest BCUT2D eigenvalue weighted by atomic mass is 16.1. The number of hydrogen-bond donors (Lipinski definition) is 1. The third kappa shape index (κ3) is 1.82. The van der Waals surface area contributed by atoms with Crippen LogP contribution in [0.5, 0.6) is 0 Å². The van der Waals surface area contributed by atoms with Gasteiger partial charge in [-0.3, -0.25) is 4.79 Å². The first-order valence-corrected chi connectivity index (χ1v) is 5.06. The summed E-state index contributed by atoms with van der Waals surface area (Å²) in [5.41, 5.74) is 3.40. The summed E-state index contributed by atoms with van der Waals surface area (Å²) in [5, 5.41) is 0. The van der Waals surface area contributed by atoms with Crippen LogP contribution in [-0.4, -0.2) is 11.3 Å². The number of carbonyl (C=O) groups is 1. The maximum atomic E-state index is 10.6. The number of aromatic amines is 1. The van der Waals surface area contributed by atoms with Gasteiger partial charge in [0, 0.05) is 5.69 Å². The molecule has 0 aliphatic heterocycles. The number of carbonyl (C=O) groups excluding carboxylic acids is 1. The fraction of sp³-hybridized carbons (Fsp3) is 0.545. The quantitative estimate of drug-likeness (QED) is 0.657. The largest absolute Gasteiger partial charge is 0.356 e. The van der Waals surface area contributed by atoms with E-state index in [9.17, 15) is 4.79 Å². The van der Waals surface area contributed by atoms with E-state index in [2.05, 4.69) is 4.98 Å². The summed E-state index contributed by atoms with van der Waals surface area (Å²) < 4.78 is 0. The number of rotatable bonds is 1. The summed E-state index contributed by atoms with van der Waals surface area (Å²) in [6, 6.07) is 2.01. The smallest absolute Gasteiger partial charge is 0.166 e. The van der Waals surface area contributed by atoms with Crippen molar-refractivity contribution in [3.63, 3.8) is 0 Å². The average Bonchev–Trinajstić information content (AvgIpc) is 2.47. The molecule has 1 heterocycles. The van der Waals surface area contributed by atoms with Crippen LogP contribution in [0.2, 0.25) is 0 Å². The van der Waals surface area contributed by atoms with Crippen LogP contribution in [0, 0.1) is 0 Å². The Balaban J connectivity index is 2.25. The molecule has 2 nitrogen and oxygen atoms in total. The molecule has 0 spiro atoms. The van der Waals surface area contributed by atoms with Gasteiger partial charge in [-0.15, -0.1) is 0 Å². The number of fused-ring (bicyclic) bond motifs is 1. The van der Waals surface area contributed by atoms with Crippen LogP contribution in [0.3, 0.4) is 0 Å². The molecule has 0 radical (unpaired) electrons. The number of nitrogens with one attached hydrogen (secondary N) is 1. The van der Waals surface area contributed by atoms with E-state index < -0.39 is 0 Å². The molecule has 2 rings (SSSR count). The van der Waals surface area contributed by atoms with Gasteiger partial charge < -0.3 is 4.98 Å². The van der Waals surface area contributed by atoms with Gasteiger partial charge in [0.05, 0.1) is 5.69 Å². The molecule has 1 aromatic heterocycles. The molecule has 70 valence electrons. The van der Waals surface area contributed by atoms with Gasteiger partial charge in [0.1, 0.15) is 0 Å². The first kappa shape index (κ1) is 8.54. The maximum Gasteiger partial charge on any atom is 0.166 e. The van der Waals surface area contributed by atoms with Crippen molar-refractivity contribution < 1.29 is 4.79 Å². The summed E-state index contributed by atoms with van der Waals surface area (Å²) in [4.78, 5) is 13.7. The number of aromatic nitrogens is 1. The Bertz CT molecular complexity index is 276. The predicted octanol–water partition coefficient (Wildman–Crippen LogP) is 2.49. The van der Waals surface area contributed by atoms with Gasteiger partial charge in [-0.05, 0) is 37.3 Å². The third-order valence-electron chi connectivity index (χ3n) is 2.76. The molecule has 0 saturated heterocycles. The van der Waals surface area contributed by atoms with Crippen LogP contribution in [0.25, 0.3) is 0 Å². The molecule has 0 unspecified atom stereocenters. The van der Waals surface area contributed by atoms with E-state index in [1.54, 1.807) is 0 Å². The zero-order valence-electron chi connectivity index (χ0n) is 7.81. The first-order valence-electron chi connectivity index (χ1n) is 5.06. The molecule has 0 amide bonds. The fourth-order valence-electron chi connectivity index (χ4n) is 2.05. The van der Waals surface area contributed by atoms with Crippen LogP contribution in [-0.2, 0) is 12.8 Å². The maximum absolute atomic E-state index is 10.6. The summed E-state index contributed by atoms with van der Waals surface area (Å²) in [6.45, 7) is 0. The van der Waals surface area contributed by atoms with Crippen molar-refractivity contribution in [2.45, 2.75) is 38.5 Å². The molecule has 0 atom stereocenters. The Hall–Kier alpha value is -1.05. The lowest BCUT2D eigenvalue weighted by atomic mass is 9.99. The highest BCUT2D eigenvalue weighted by Crippen LogP contribution is 2.19. The second-order valence-electron chi connectivity index (χ2n) is 3.76. The normalized spacial score (nSPS) is 17.2. The van der Waals surface area contributed by atoms with E-state index >= 15 is 0 Å². The van der Waals surface area contributed by atoms with E-state index in [1.165, 1.54) is 36.9 Å². The molecular weight excluding hydrogens is 162 g/mol. The zero-order chi connectivity index (χ0) is 9.10. The van der Waals surface area contributed by atoms with E-state index in [4.69, 9.17) is 0 Å². The van der Waals surface area contributed by atoms with Crippen molar-refractivity contribution in [3.05, 3.63) is 23.0 Å². The molecule has 1 aromatic rings. The number of hydrogen-bond acceptors (Lipinski definition) is 1. The molecule has 1 aliphatic carbocycles. The zero-order valence-corrected chi connectivity index (χ0v) is 7.81. The minimum absolute atomic E-state index is 0.743. The molecule has 1 aliphatic rings. The lowest BCUT2D eigenvalue weighted by Gasteiger charge is -2.08. The SMILES string of the molecule is O=Cc1cc2c([nH]1)CCCCCC2. The monoisotopic (exact) mass is 177 g/mol. The van der Waals surface area contributed by atoms with Gasteiger partial charge in [-0.2, -0.15) is 0 Å². The van der Waals surface area contributed by atoms with Gasteiger partial charge in [-0.1, -0.05) is 12.8 Å². The van der Waals surface area contributed by atoms with Crippen molar-refractivity contribution in [1.29, 1.82) is 0 Å². The summed E-state index contributed by atoms with van der Waals surface area (Å²) in [5.74, 6) is 0. The second-order valence-corrected chi connectivity index (χ2v) is 3.76.